The monoisotopic (exact) mass is 336 g/mol. The predicted octanol–water partition coefficient (Wildman–Crippen LogP) is 2.33. The molecule has 1 N–H and O–H groups in total. The number of ether oxygens (including phenoxy) is 1. The molecule has 0 radical (unpaired) electrons. The molecule has 1 heterocycles. The van der Waals surface area contributed by atoms with Gasteiger partial charge in [0.15, 0.2) is 0 Å². The van der Waals surface area contributed by atoms with Crippen molar-refractivity contribution >= 4 is 17.9 Å². The first-order valence-corrected chi connectivity index (χ1v) is 8.00. The lowest BCUT2D eigenvalue weighted by molar-refractivity contribution is -0.147. The average Bonchev–Trinajstić information content (AvgIpc) is 2.79. The highest BCUT2D eigenvalue weighted by atomic mass is 19.1. The number of halogens is 1. The molecule has 1 atom stereocenters. The Morgan fingerprint density at radius 1 is 1.25 bits per heavy atom. The van der Waals surface area contributed by atoms with Crippen LogP contribution in [-0.4, -0.2) is 36.0 Å². The van der Waals surface area contributed by atoms with E-state index in [1.165, 1.54) is 24.3 Å². The predicted molar refractivity (Wildman–Crippen MR) is 84.5 cm³/mol. The molecule has 0 bridgehead atoms. The third kappa shape index (κ3) is 3.39. The molecule has 1 fully saturated rings. The van der Waals surface area contributed by atoms with Crippen molar-refractivity contribution in [1.82, 2.24) is 10.2 Å². The number of benzene rings is 1. The Hall–Kier alpha value is -2.44. The number of carbonyl (C=O) groups is 3. The van der Waals surface area contributed by atoms with Gasteiger partial charge in [0.1, 0.15) is 17.9 Å². The van der Waals surface area contributed by atoms with Gasteiger partial charge in [0.2, 0.25) is 0 Å². The highest BCUT2D eigenvalue weighted by Crippen LogP contribution is 2.34. The van der Waals surface area contributed by atoms with Crippen molar-refractivity contribution in [2.24, 2.45) is 0 Å². The molecule has 0 spiro atoms. The molecule has 2 rings (SSSR count). The number of urea groups is 1. The summed E-state index contributed by atoms with van der Waals surface area (Å²) in [5.74, 6) is -1.59. The molecule has 1 aliphatic rings. The van der Waals surface area contributed by atoms with E-state index in [0.29, 0.717) is 18.4 Å². The Balaban J connectivity index is 2.34. The van der Waals surface area contributed by atoms with Gasteiger partial charge in [0.25, 0.3) is 5.91 Å². The first kappa shape index (κ1) is 17.9. The second-order valence-corrected chi connectivity index (χ2v) is 5.64. The van der Waals surface area contributed by atoms with Crippen molar-refractivity contribution in [2.45, 2.75) is 38.6 Å². The standard InChI is InChI=1S/C17H21FN2O4/c1-3-5-10-17(12-6-8-13(18)9-7-12)15(22)20(16(23)19-17)11-14(21)24-4-2/h6-9H,3-5,10-11H2,1-2H3,(H,19,23)/t17-/m1/s1. The minimum atomic E-state index is -1.27. The normalized spacial score (nSPS) is 20.2. The summed E-state index contributed by atoms with van der Waals surface area (Å²) >= 11 is 0. The zero-order chi connectivity index (χ0) is 17.7. The molecule has 0 aromatic heterocycles. The molecule has 0 saturated carbocycles. The van der Waals surface area contributed by atoms with Gasteiger partial charge >= 0.3 is 12.0 Å². The lowest BCUT2D eigenvalue weighted by Crippen LogP contribution is -2.44. The molecule has 6 nitrogen and oxygen atoms in total. The minimum Gasteiger partial charge on any atom is -0.465 e. The Bertz CT molecular complexity index is 632. The Labute approximate surface area is 140 Å². The molecule has 0 aliphatic carbocycles. The van der Waals surface area contributed by atoms with Crippen molar-refractivity contribution in [3.05, 3.63) is 35.6 Å². The van der Waals surface area contributed by atoms with Gasteiger partial charge in [-0.2, -0.15) is 0 Å². The Kier molecular flexibility index (Phi) is 5.54. The highest BCUT2D eigenvalue weighted by molar-refractivity contribution is 6.09. The molecular formula is C17H21FN2O4. The van der Waals surface area contributed by atoms with Gasteiger partial charge in [0.05, 0.1) is 6.61 Å². The number of nitrogens with zero attached hydrogens (tertiary/aromatic N) is 1. The molecule has 0 unspecified atom stereocenters. The summed E-state index contributed by atoms with van der Waals surface area (Å²) in [6.45, 7) is 3.35. The van der Waals surface area contributed by atoms with Crippen LogP contribution in [0.5, 0.6) is 0 Å². The zero-order valence-corrected chi connectivity index (χ0v) is 13.8. The van der Waals surface area contributed by atoms with Crippen LogP contribution in [0.2, 0.25) is 0 Å². The second-order valence-electron chi connectivity index (χ2n) is 5.64. The van der Waals surface area contributed by atoms with Gasteiger partial charge in [-0.25, -0.2) is 9.18 Å². The van der Waals surface area contributed by atoms with E-state index in [1.807, 2.05) is 6.92 Å². The Morgan fingerprint density at radius 3 is 2.50 bits per heavy atom. The largest absolute Gasteiger partial charge is 0.465 e. The molecule has 24 heavy (non-hydrogen) atoms. The zero-order valence-electron chi connectivity index (χ0n) is 13.8. The van der Waals surface area contributed by atoms with Crippen LogP contribution in [0, 0.1) is 5.82 Å². The Morgan fingerprint density at radius 2 is 1.92 bits per heavy atom. The number of amides is 3. The van der Waals surface area contributed by atoms with Crippen molar-refractivity contribution < 1.29 is 23.5 Å². The third-order valence-corrected chi connectivity index (χ3v) is 4.01. The van der Waals surface area contributed by atoms with Gasteiger partial charge in [-0.3, -0.25) is 14.5 Å². The second kappa shape index (κ2) is 7.42. The minimum absolute atomic E-state index is 0.168. The molecule has 130 valence electrons. The van der Waals surface area contributed by atoms with Crippen molar-refractivity contribution in [1.29, 1.82) is 0 Å². The van der Waals surface area contributed by atoms with Crippen LogP contribution in [0.3, 0.4) is 0 Å². The van der Waals surface area contributed by atoms with Gasteiger partial charge in [-0.1, -0.05) is 31.9 Å². The number of hydrogen-bond acceptors (Lipinski definition) is 4. The van der Waals surface area contributed by atoms with Gasteiger partial charge in [-0.05, 0) is 31.0 Å². The molecule has 1 saturated heterocycles. The fourth-order valence-electron chi connectivity index (χ4n) is 2.79. The van der Waals surface area contributed by atoms with Crippen LogP contribution in [0.4, 0.5) is 9.18 Å². The molecule has 7 heteroatoms. The molecule has 1 aliphatic heterocycles. The van der Waals surface area contributed by atoms with E-state index in [-0.39, 0.29) is 6.61 Å². The molecule has 3 amide bonds. The highest BCUT2D eigenvalue weighted by Gasteiger charge is 2.52. The summed E-state index contributed by atoms with van der Waals surface area (Å²) < 4.78 is 18.0. The van der Waals surface area contributed by atoms with E-state index in [0.717, 1.165) is 11.3 Å². The van der Waals surface area contributed by atoms with E-state index < -0.39 is 35.8 Å². The van der Waals surface area contributed by atoms with E-state index >= 15 is 0 Å². The topological polar surface area (TPSA) is 75.7 Å². The quantitative estimate of drug-likeness (QED) is 0.612. The lowest BCUT2D eigenvalue weighted by Gasteiger charge is -2.27. The van der Waals surface area contributed by atoms with E-state index in [4.69, 9.17) is 4.74 Å². The van der Waals surface area contributed by atoms with E-state index in [1.54, 1.807) is 6.92 Å². The van der Waals surface area contributed by atoms with Crippen molar-refractivity contribution in [2.75, 3.05) is 13.2 Å². The number of unbranched alkanes of at least 4 members (excludes halogenated alkanes) is 1. The number of carbonyl (C=O) groups excluding carboxylic acids is 3. The van der Waals surface area contributed by atoms with Gasteiger partial charge in [0, 0.05) is 0 Å². The smallest absolute Gasteiger partial charge is 0.326 e. The van der Waals surface area contributed by atoms with Crippen LogP contribution in [0.25, 0.3) is 0 Å². The van der Waals surface area contributed by atoms with Crippen molar-refractivity contribution in [3.8, 4) is 0 Å². The van der Waals surface area contributed by atoms with Crippen LogP contribution in [-0.2, 0) is 19.9 Å². The van der Waals surface area contributed by atoms with Crippen LogP contribution >= 0.6 is 0 Å². The number of hydrogen-bond donors (Lipinski definition) is 1. The molecular weight excluding hydrogens is 315 g/mol. The number of nitrogens with one attached hydrogen (secondary N) is 1. The number of esters is 1. The fourth-order valence-corrected chi connectivity index (χ4v) is 2.79. The van der Waals surface area contributed by atoms with E-state index in [2.05, 4.69) is 5.32 Å². The lowest BCUT2D eigenvalue weighted by atomic mass is 9.85. The summed E-state index contributed by atoms with van der Waals surface area (Å²) in [5, 5.41) is 2.69. The average molecular weight is 336 g/mol. The summed E-state index contributed by atoms with van der Waals surface area (Å²) in [6, 6.07) is 4.81. The van der Waals surface area contributed by atoms with Gasteiger partial charge in [-0.15, -0.1) is 0 Å². The van der Waals surface area contributed by atoms with Gasteiger partial charge < -0.3 is 10.1 Å². The summed E-state index contributed by atoms with van der Waals surface area (Å²) in [6.07, 6.45) is 1.89. The summed E-state index contributed by atoms with van der Waals surface area (Å²) in [5.41, 5.74) is -0.769. The van der Waals surface area contributed by atoms with Crippen LogP contribution < -0.4 is 5.32 Å². The third-order valence-electron chi connectivity index (χ3n) is 4.01. The maximum Gasteiger partial charge on any atom is 0.326 e. The number of rotatable bonds is 7. The molecule has 1 aromatic rings. The SMILES string of the molecule is CCCC[C@]1(c2ccc(F)cc2)NC(=O)N(CC(=O)OCC)C1=O. The molecule has 1 aromatic carbocycles. The first-order valence-electron chi connectivity index (χ1n) is 8.00. The fraction of sp³-hybridized carbons (Fsp3) is 0.471. The van der Waals surface area contributed by atoms with E-state index in [9.17, 15) is 18.8 Å². The maximum absolute atomic E-state index is 13.2. The van der Waals surface area contributed by atoms with Crippen molar-refractivity contribution in [3.63, 3.8) is 0 Å². The van der Waals surface area contributed by atoms with Crippen LogP contribution in [0.15, 0.2) is 24.3 Å². The van der Waals surface area contributed by atoms with Crippen LogP contribution in [0.1, 0.15) is 38.7 Å². The first-order chi connectivity index (χ1) is 11.4. The maximum atomic E-state index is 13.2. The number of imide groups is 1. The summed E-state index contributed by atoms with van der Waals surface area (Å²) in [4.78, 5) is 37.7. The summed E-state index contributed by atoms with van der Waals surface area (Å²) in [7, 11) is 0.